The Balaban J connectivity index is 2.90. The summed E-state index contributed by atoms with van der Waals surface area (Å²) in [7, 11) is 1.47. The molecular formula is C12H12F2N2O2. The van der Waals surface area contributed by atoms with Crippen LogP contribution in [0.25, 0.3) is 0 Å². The van der Waals surface area contributed by atoms with Crippen LogP contribution in [0.4, 0.5) is 8.78 Å². The second-order valence-electron chi connectivity index (χ2n) is 3.63. The molecule has 0 aromatic heterocycles. The minimum atomic E-state index is -2.94. The van der Waals surface area contributed by atoms with Gasteiger partial charge >= 0.3 is 6.61 Å². The first-order chi connectivity index (χ1) is 8.45. The quantitative estimate of drug-likeness (QED) is 0.828. The van der Waals surface area contributed by atoms with Gasteiger partial charge in [-0.15, -0.1) is 0 Å². The number of nitrogens with zero attached hydrogens (tertiary/aromatic N) is 2. The van der Waals surface area contributed by atoms with Gasteiger partial charge in [0, 0.05) is 12.6 Å². The number of hydrogen-bond acceptors (Lipinski definition) is 3. The molecule has 96 valence electrons. The van der Waals surface area contributed by atoms with Crippen LogP contribution in [0, 0.1) is 11.3 Å². The fraction of sp³-hybridized carbons (Fsp3) is 0.333. The van der Waals surface area contributed by atoms with Crippen molar-refractivity contribution < 1.29 is 18.3 Å². The molecule has 1 amide bonds. The summed E-state index contributed by atoms with van der Waals surface area (Å²) in [5.41, 5.74) is 0.192. The van der Waals surface area contributed by atoms with Crippen molar-refractivity contribution in [2.45, 2.75) is 19.6 Å². The lowest BCUT2D eigenvalue weighted by atomic mass is 10.1. The molecule has 1 unspecified atom stereocenters. The van der Waals surface area contributed by atoms with E-state index in [2.05, 4.69) is 4.74 Å². The Morgan fingerprint density at radius 3 is 2.72 bits per heavy atom. The molecule has 0 spiro atoms. The van der Waals surface area contributed by atoms with Gasteiger partial charge in [-0.25, -0.2) is 0 Å². The molecule has 4 nitrogen and oxygen atoms in total. The maximum Gasteiger partial charge on any atom is 0.387 e. The molecule has 0 aliphatic heterocycles. The van der Waals surface area contributed by atoms with Gasteiger partial charge in [0.25, 0.3) is 5.91 Å². The van der Waals surface area contributed by atoms with Gasteiger partial charge in [0.2, 0.25) is 0 Å². The maximum absolute atomic E-state index is 12.0. The molecule has 6 heteroatoms. The molecule has 0 heterocycles. The standard InChI is InChI=1S/C12H12F2N2O2/c1-8(7-15)16(2)11(17)9-4-3-5-10(6-9)18-12(13)14/h3-6,8,12H,1-2H3. The van der Waals surface area contributed by atoms with E-state index in [1.165, 1.54) is 36.2 Å². The predicted octanol–water partition coefficient (Wildman–Crippen LogP) is 2.27. The average Bonchev–Trinajstić information content (AvgIpc) is 2.35. The Labute approximate surface area is 103 Å². The first-order valence-corrected chi connectivity index (χ1v) is 5.17. The number of carbonyl (C=O) groups excluding carboxylic acids is 1. The van der Waals surface area contributed by atoms with Crippen LogP contribution in [0.5, 0.6) is 5.75 Å². The van der Waals surface area contributed by atoms with E-state index in [4.69, 9.17) is 5.26 Å². The first kappa shape index (κ1) is 13.9. The fourth-order valence-corrected chi connectivity index (χ4v) is 1.27. The van der Waals surface area contributed by atoms with Gasteiger partial charge in [0.05, 0.1) is 6.07 Å². The summed E-state index contributed by atoms with van der Waals surface area (Å²) in [6.45, 7) is -1.37. The molecule has 0 N–H and O–H groups in total. The second kappa shape index (κ2) is 5.96. The molecule has 0 aliphatic carbocycles. The zero-order valence-corrected chi connectivity index (χ0v) is 9.93. The predicted molar refractivity (Wildman–Crippen MR) is 60.2 cm³/mol. The molecule has 0 radical (unpaired) electrons. The van der Waals surface area contributed by atoms with Crippen LogP contribution in [-0.2, 0) is 0 Å². The van der Waals surface area contributed by atoms with E-state index in [1.807, 2.05) is 6.07 Å². The van der Waals surface area contributed by atoms with Crippen molar-refractivity contribution in [1.82, 2.24) is 4.90 Å². The van der Waals surface area contributed by atoms with E-state index in [-0.39, 0.29) is 11.3 Å². The van der Waals surface area contributed by atoms with E-state index >= 15 is 0 Å². The topological polar surface area (TPSA) is 53.3 Å². The molecule has 0 saturated carbocycles. The minimum absolute atomic E-state index is 0.0890. The van der Waals surface area contributed by atoms with Gasteiger partial charge in [-0.2, -0.15) is 14.0 Å². The molecule has 1 aromatic rings. The van der Waals surface area contributed by atoms with Crippen molar-refractivity contribution in [2.24, 2.45) is 0 Å². The second-order valence-corrected chi connectivity index (χ2v) is 3.63. The first-order valence-electron chi connectivity index (χ1n) is 5.17. The maximum atomic E-state index is 12.0. The lowest BCUT2D eigenvalue weighted by molar-refractivity contribution is -0.0499. The fourth-order valence-electron chi connectivity index (χ4n) is 1.27. The van der Waals surface area contributed by atoms with Crippen LogP contribution in [0.1, 0.15) is 17.3 Å². The van der Waals surface area contributed by atoms with Crippen molar-refractivity contribution in [3.63, 3.8) is 0 Å². The van der Waals surface area contributed by atoms with Crippen molar-refractivity contribution >= 4 is 5.91 Å². The van der Waals surface area contributed by atoms with Crippen LogP contribution >= 0.6 is 0 Å². The Hall–Kier alpha value is -2.16. The summed E-state index contributed by atoms with van der Waals surface area (Å²) in [6.07, 6.45) is 0. The van der Waals surface area contributed by atoms with Gasteiger partial charge < -0.3 is 9.64 Å². The SMILES string of the molecule is CC(C#N)N(C)C(=O)c1cccc(OC(F)F)c1. The van der Waals surface area contributed by atoms with Gasteiger partial charge in [0.1, 0.15) is 11.8 Å². The van der Waals surface area contributed by atoms with E-state index in [9.17, 15) is 13.6 Å². The van der Waals surface area contributed by atoms with Crippen LogP contribution in [-0.4, -0.2) is 30.5 Å². The number of rotatable bonds is 4. The lowest BCUT2D eigenvalue weighted by Crippen LogP contribution is -2.34. The van der Waals surface area contributed by atoms with Gasteiger partial charge in [-0.1, -0.05) is 6.07 Å². The number of halogens is 2. The highest BCUT2D eigenvalue weighted by Gasteiger charge is 2.17. The van der Waals surface area contributed by atoms with E-state index in [0.717, 1.165) is 0 Å². The molecule has 0 saturated heterocycles. The van der Waals surface area contributed by atoms with E-state index < -0.39 is 18.6 Å². The molecule has 0 aliphatic rings. The molecular weight excluding hydrogens is 242 g/mol. The van der Waals surface area contributed by atoms with E-state index in [0.29, 0.717) is 0 Å². The number of carbonyl (C=O) groups is 1. The van der Waals surface area contributed by atoms with Crippen LogP contribution in [0.2, 0.25) is 0 Å². The molecule has 1 atom stereocenters. The number of amides is 1. The highest BCUT2D eigenvalue weighted by molar-refractivity contribution is 5.94. The monoisotopic (exact) mass is 254 g/mol. The van der Waals surface area contributed by atoms with Gasteiger partial charge in [-0.3, -0.25) is 4.79 Å². The zero-order chi connectivity index (χ0) is 13.7. The Kier molecular flexibility index (Phi) is 4.60. The third-order valence-corrected chi connectivity index (χ3v) is 2.39. The summed E-state index contributed by atoms with van der Waals surface area (Å²) < 4.78 is 28.3. The van der Waals surface area contributed by atoms with Crippen LogP contribution in [0.3, 0.4) is 0 Å². The summed E-state index contributed by atoms with van der Waals surface area (Å²) in [4.78, 5) is 13.1. The highest BCUT2D eigenvalue weighted by Crippen LogP contribution is 2.17. The van der Waals surface area contributed by atoms with Gasteiger partial charge in [0.15, 0.2) is 0 Å². The van der Waals surface area contributed by atoms with Crippen molar-refractivity contribution in [2.75, 3.05) is 7.05 Å². The molecule has 1 rings (SSSR count). The molecule has 1 aromatic carbocycles. The lowest BCUT2D eigenvalue weighted by Gasteiger charge is -2.19. The number of nitriles is 1. The third-order valence-electron chi connectivity index (χ3n) is 2.39. The highest BCUT2D eigenvalue weighted by atomic mass is 19.3. The Bertz CT molecular complexity index is 471. The molecule has 0 bridgehead atoms. The largest absolute Gasteiger partial charge is 0.435 e. The summed E-state index contributed by atoms with van der Waals surface area (Å²) in [6, 6.07) is 6.78. The van der Waals surface area contributed by atoms with Crippen LogP contribution < -0.4 is 4.74 Å². The average molecular weight is 254 g/mol. The van der Waals surface area contributed by atoms with Crippen molar-refractivity contribution in [3.05, 3.63) is 29.8 Å². The number of ether oxygens (including phenoxy) is 1. The van der Waals surface area contributed by atoms with E-state index in [1.54, 1.807) is 6.92 Å². The summed E-state index contributed by atoms with van der Waals surface area (Å²) in [5.74, 6) is -0.516. The summed E-state index contributed by atoms with van der Waals surface area (Å²) >= 11 is 0. The normalized spacial score (nSPS) is 11.8. The number of benzene rings is 1. The van der Waals surface area contributed by atoms with Crippen molar-refractivity contribution in [1.29, 1.82) is 5.26 Å². The third kappa shape index (κ3) is 3.42. The zero-order valence-electron chi connectivity index (χ0n) is 9.93. The number of alkyl halides is 2. The van der Waals surface area contributed by atoms with Crippen LogP contribution in [0.15, 0.2) is 24.3 Å². The number of hydrogen-bond donors (Lipinski definition) is 0. The smallest absolute Gasteiger partial charge is 0.387 e. The Morgan fingerprint density at radius 2 is 2.17 bits per heavy atom. The summed E-state index contributed by atoms with van der Waals surface area (Å²) in [5, 5.41) is 8.71. The molecule has 18 heavy (non-hydrogen) atoms. The van der Waals surface area contributed by atoms with Gasteiger partial charge in [-0.05, 0) is 25.1 Å². The molecule has 0 fully saturated rings. The van der Waals surface area contributed by atoms with Crippen molar-refractivity contribution in [3.8, 4) is 11.8 Å². The minimum Gasteiger partial charge on any atom is -0.435 e. The Morgan fingerprint density at radius 1 is 1.50 bits per heavy atom.